The summed E-state index contributed by atoms with van der Waals surface area (Å²) in [5.74, 6) is 0.594. The van der Waals surface area contributed by atoms with E-state index in [-0.39, 0.29) is 5.54 Å². The molecule has 1 aromatic carbocycles. The van der Waals surface area contributed by atoms with Crippen LogP contribution >= 0.6 is 0 Å². The van der Waals surface area contributed by atoms with E-state index in [1.807, 2.05) is 0 Å². The van der Waals surface area contributed by atoms with E-state index < -0.39 is 0 Å². The van der Waals surface area contributed by atoms with E-state index in [1.54, 1.807) is 0 Å². The monoisotopic (exact) mass is 284 g/mol. The maximum atomic E-state index is 9.00. The van der Waals surface area contributed by atoms with Crippen LogP contribution in [-0.2, 0) is 0 Å². The Bertz CT molecular complexity index is 476. The van der Waals surface area contributed by atoms with Crippen LogP contribution in [0.2, 0.25) is 0 Å². The van der Waals surface area contributed by atoms with Crippen molar-refractivity contribution in [3.63, 3.8) is 0 Å². The Morgan fingerprint density at radius 2 is 1.76 bits per heavy atom. The van der Waals surface area contributed by atoms with E-state index in [9.17, 15) is 0 Å². The van der Waals surface area contributed by atoms with Crippen LogP contribution in [0.4, 0.5) is 0 Å². The summed E-state index contributed by atoms with van der Waals surface area (Å²) < 4.78 is 0. The van der Waals surface area contributed by atoms with Crippen molar-refractivity contribution in [3.8, 4) is 0 Å². The second kappa shape index (κ2) is 6.31. The molecular weight excluding hydrogens is 256 g/mol. The van der Waals surface area contributed by atoms with Gasteiger partial charge in [-0.1, -0.05) is 56.5 Å². The first-order valence-electron chi connectivity index (χ1n) is 8.64. The van der Waals surface area contributed by atoms with Crippen LogP contribution in [0.5, 0.6) is 0 Å². The highest BCUT2D eigenvalue weighted by Gasteiger charge is 2.47. The highest BCUT2D eigenvalue weighted by Crippen LogP contribution is 2.42. The van der Waals surface area contributed by atoms with Crippen molar-refractivity contribution in [2.45, 2.75) is 57.4 Å². The first-order chi connectivity index (χ1) is 10.2. The second-order valence-corrected chi connectivity index (χ2v) is 6.86. The quantitative estimate of drug-likeness (QED) is 0.814. The Hall–Kier alpha value is -1.15. The van der Waals surface area contributed by atoms with Gasteiger partial charge in [0.25, 0.3) is 0 Å². The molecule has 21 heavy (non-hydrogen) atoms. The summed E-state index contributed by atoms with van der Waals surface area (Å²) in [5.41, 5.74) is 1.98. The highest BCUT2D eigenvalue weighted by atomic mass is 15.2. The van der Waals surface area contributed by atoms with E-state index in [0.29, 0.717) is 5.92 Å². The minimum atomic E-state index is -0.0139. The fourth-order valence-corrected chi connectivity index (χ4v) is 4.48. The fourth-order valence-electron chi connectivity index (χ4n) is 4.48. The van der Waals surface area contributed by atoms with Gasteiger partial charge in [0.15, 0.2) is 0 Å². The number of benzene rings is 1. The molecule has 0 radical (unpaired) electrons. The Balaban J connectivity index is 1.97. The van der Waals surface area contributed by atoms with Gasteiger partial charge in [-0.2, -0.15) is 0 Å². The van der Waals surface area contributed by atoms with Gasteiger partial charge in [0.2, 0.25) is 0 Å². The lowest BCUT2D eigenvalue weighted by molar-refractivity contribution is 0.0467. The third-order valence-corrected chi connectivity index (χ3v) is 5.68. The summed E-state index contributed by atoms with van der Waals surface area (Å²) in [6.07, 6.45) is 9.01. The van der Waals surface area contributed by atoms with E-state index in [1.165, 1.54) is 58.0 Å². The van der Waals surface area contributed by atoms with Gasteiger partial charge < -0.3 is 5.41 Å². The first kappa shape index (κ1) is 14.8. The number of hydrogen-bond donors (Lipinski definition) is 1. The van der Waals surface area contributed by atoms with E-state index >= 15 is 0 Å². The third-order valence-electron chi connectivity index (χ3n) is 5.68. The molecule has 2 aliphatic rings. The minimum Gasteiger partial charge on any atom is -0.303 e. The largest absolute Gasteiger partial charge is 0.303 e. The molecule has 1 aromatic rings. The molecule has 0 spiro atoms. The van der Waals surface area contributed by atoms with Crippen LogP contribution in [0.1, 0.15) is 57.4 Å². The maximum absolute atomic E-state index is 9.00. The van der Waals surface area contributed by atoms with E-state index in [4.69, 9.17) is 5.41 Å². The molecule has 1 aliphatic heterocycles. The van der Waals surface area contributed by atoms with Crippen LogP contribution < -0.4 is 0 Å². The van der Waals surface area contributed by atoms with Crippen LogP contribution in [0.3, 0.4) is 0 Å². The van der Waals surface area contributed by atoms with Gasteiger partial charge in [0, 0.05) is 0 Å². The number of piperidine rings is 1. The van der Waals surface area contributed by atoms with Crippen LogP contribution in [0, 0.1) is 11.3 Å². The topological polar surface area (TPSA) is 27.1 Å². The molecule has 0 amide bonds. The van der Waals surface area contributed by atoms with Gasteiger partial charge in [-0.05, 0) is 50.3 Å². The lowest BCUT2D eigenvalue weighted by atomic mass is 9.67. The molecule has 0 unspecified atom stereocenters. The van der Waals surface area contributed by atoms with Crippen LogP contribution in [-0.4, -0.2) is 29.2 Å². The fraction of sp³-hybridized carbons (Fsp3) is 0.632. The van der Waals surface area contributed by atoms with Crippen molar-refractivity contribution < 1.29 is 0 Å². The van der Waals surface area contributed by atoms with Gasteiger partial charge in [0.05, 0.1) is 11.3 Å². The van der Waals surface area contributed by atoms with Crippen molar-refractivity contribution >= 4 is 5.71 Å². The van der Waals surface area contributed by atoms with Crippen molar-refractivity contribution in [3.05, 3.63) is 35.9 Å². The zero-order valence-corrected chi connectivity index (χ0v) is 13.3. The average molecular weight is 284 g/mol. The molecule has 1 saturated carbocycles. The number of nitrogens with zero attached hydrogens (tertiary/aromatic N) is 1. The summed E-state index contributed by atoms with van der Waals surface area (Å²) >= 11 is 0. The first-order valence-corrected chi connectivity index (χ1v) is 8.64. The van der Waals surface area contributed by atoms with Gasteiger partial charge in [-0.25, -0.2) is 0 Å². The molecule has 1 saturated heterocycles. The number of likely N-dealkylation sites (tertiary alicyclic amines) is 1. The molecule has 3 rings (SSSR count). The Morgan fingerprint density at radius 1 is 1.05 bits per heavy atom. The summed E-state index contributed by atoms with van der Waals surface area (Å²) in [5, 5.41) is 9.00. The van der Waals surface area contributed by atoms with E-state index in [2.05, 4.69) is 42.2 Å². The lowest BCUT2D eigenvalue weighted by Crippen LogP contribution is -2.61. The molecular formula is C19H28N2. The van der Waals surface area contributed by atoms with Crippen molar-refractivity contribution in [1.82, 2.24) is 4.90 Å². The molecule has 2 nitrogen and oxygen atoms in total. The summed E-state index contributed by atoms with van der Waals surface area (Å²) in [7, 11) is 0. The predicted molar refractivity (Wildman–Crippen MR) is 89.1 cm³/mol. The average Bonchev–Trinajstić information content (AvgIpc) is 2.56. The summed E-state index contributed by atoms with van der Waals surface area (Å²) in [6.45, 7) is 4.74. The number of nitrogens with one attached hydrogen (secondary N) is 1. The predicted octanol–water partition coefficient (Wildman–Crippen LogP) is 4.49. The van der Waals surface area contributed by atoms with Crippen LogP contribution in [0.15, 0.2) is 30.3 Å². The van der Waals surface area contributed by atoms with Gasteiger partial charge >= 0.3 is 0 Å². The maximum Gasteiger partial charge on any atom is 0.0658 e. The second-order valence-electron chi connectivity index (χ2n) is 6.86. The third kappa shape index (κ3) is 2.66. The Labute approximate surface area is 129 Å². The molecule has 1 N–H and O–H groups in total. The van der Waals surface area contributed by atoms with Gasteiger partial charge in [-0.15, -0.1) is 0 Å². The SMILES string of the molecule is C[C@H]1CCCC[C@@]1(C(=N)c1ccccc1)N1CCCCC1. The number of hydrogen-bond acceptors (Lipinski definition) is 2. The van der Waals surface area contributed by atoms with Crippen molar-refractivity contribution in [2.75, 3.05) is 13.1 Å². The van der Waals surface area contributed by atoms with Gasteiger partial charge in [-0.3, -0.25) is 4.90 Å². The smallest absolute Gasteiger partial charge is 0.0658 e. The molecule has 1 heterocycles. The zero-order valence-electron chi connectivity index (χ0n) is 13.3. The lowest BCUT2D eigenvalue weighted by Gasteiger charge is -2.52. The zero-order chi connectivity index (χ0) is 14.7. The van der Waals surface area contributed by atoms with Crippen molar-refractivity contribution in [2.24, 2.45) is 5.92 Å². The molecule has 114 valence electrons. The molecule has 0 bridgehead atoms. The molecule has 2 heteroatoms. The highest BCUT2D eigenvalue weighted by molar-refractivity contribution is 6.05. The number of rotatable bonds is 3. The molecule has 1 aliphatic carbocycles. The summed E-state index contributed by atoms with van der Waals surface area (Å²) in [4.78, 5) is 2.66. The van der Waals surface area contributed by atoms with E-state index in [0.717, 1.165) is 11.3 Å². The van der Waals surface area contributed by atoms with Crippen LogP contribution in [0.25, 0.3) is 0 Å². The molecule has 0 aromatic heterocycles. The van der Waals surface area contributed by atoms with Gasteiger partial charge in [0.1, 0.15) is 0 Å². The molecule has 2 atom stereocenters. The normalized spacial score (nSPS) is 31.0. The Morgan fingerprint density at radius 3 is 2.43 bits per heavy atom. The standard InChI is InChI=1S/C19H28N2/c1-16-10-6-7-13-19(16,21-14-8-3-9-15-21)18(20)17-11-4-2-5-12-17/h2,4-5,11-12,16,20H,3,6-10,13-15H2,1H3/t16-,19+/m0/s1. The summed E-state index contributed by atoms with van der Waals surface area (Å²) in [6, 6.07) is 10.4. The Kier molecular flexibility index (Phi) is 4.44. The van der Waals surface area contributed by atoms with Crippen molar-refractivity contribution in [1.29, 1.82) is 5.41 Å². The molecule has 2 fully saturated rings. The minimum absolute atomic E-state index is 0.0139.